The van der Waals surface area contributed by atoms with E-state index in [4.69, 9.17) is 5.26 Å². The van der Waals surface area contributed by atoms with Crippen molar-refractivity contribution in [2.75, 3.05) is 4.72 Å². The van der Waals surface area contributed by atoms with Crippen LogP contribution in [0.25, 0.3) is 0 Å². The third kappa shape index (κ3) is 2.65. The molecule has 20 heavy (non-hydrogen) atoms. The number of rotatable bonds is 4. The number of aromatic nitrogens is 2. The van der Waals surface area contributed by atoms with Gasteiger partial charge in [0, 0.05) is 0 Å². The van der Waals surface area contributed by atoms with E-state index < -0.39 is 10.0 Å². The highest BCUT2D eigenvalue weighted by molar-refractivity contribution is 7.92. The second-order valence-electron chi connectivity index (χ2n) is 4.29. The number of hydrogen-bond donors (Lipinski definition) is 2. The highest BCUT2D eigenvalue weighted by atomic mass is 32.2. The number of hydrogen-bond acceptors (Lipinski definition) is 4. The van der Waals surface area contributed by atoms with Gasteiger partial charge >= 0.3 is 0 Å². The Morgan fingerprint density at radius 1 is 1.45 bits per heavy atom. The van der Waals surface area contributed by atoms with Crippen molar-refractivity contribution < 1.29 is 8.42 Å². The van der Waals surface area contributed by atoms with Crippen LogP contribution in [0.3, 0.4) is 0 Å². The van der Waals surface area contributed by atoms with Crippen LogP contribution in [0.4, 0.5) is 5.82 Å². The van der Waals surface area contributed by atoms with Gasteiger partial charge in [-0.15, -0.1) is 0 Å². The molecule has 0 spiro atoms. The molecule has 2 N–H and O–H groups in total. The summed E-state index contributed by atoms with van der Waals surface area (Å²) in [5.74, 6) is 0.0203. The number of benzene rings is 1. The summed E-state index contributed by atoms with van der Waals surface area (Å²) in [6, 6.07) is 8.58. The summed E-state index contributed by atoms with van der Waals surface area (Å²) in [4.78, 5) is 0.154. The van der Waals surface area contributed by atoms with Gasteiger partial charge in [-0.3, -0.25) is 9.82 Å². The minimum Gasteiger partial charge on any atom is -0.279 e. The van der Waals surface area contributed by atoms with Crippen molar-refractivity contribution >= 4 is 15.8 Å². The number of nitrogens with zero attached hydrogens (tertiary/aromatic N) is 2. The van der Waals surface area contributed by atoms with Gasteiger partial charge in [-0.1, -0.05) is 19.1 Å². The van der Waals surface area contributed by atoms with E-state index in [2.05, 4.69) is 14.9 Å². The molecule has 0 aliphatic heterocycles. The number of sulfonamides is 1. The highest BCUT2D eigenvalue weighted by Gasteiger charge is 2.19. The Morgan fingerprint density at radius 2 is 2.20 bits per heavy atom. The zero-order valence-electron chi connectivity index (χ0n) is 11.1. The van der Waals surface area contributed by atoms with Gasteiger partial charge in [0.15, 0.2) is 5.82 Å². The molecule has 104 valence electrons. The first-order valence-corrected chi connectivity index (χ1v) is 7.53. The Bertz CT molecular complexity index is 772. The van der Waals surface area contributed by atoms with E-state index in [1.165, 1.54) is 6.07 Å². The van der Waals surface area contributed by atoms with Gasteiger partial charge < -0.3 is 0 Å². The first-order valence-electron chi connectivity index (χ1n) is 6.04. The fourth-order valence-electron chi connectivity index (χ4n) is 1.76. The summed E-state index contributed by atoms with van der Waals surface area (Å²) in [5.41, 5.74) is 1.64. The molecule has 2 aromatic rings. The van der Waals surface area contributed by atoms with Crippen molar-refractivity contribution in [2.24, 2.45) is 0 Å². The Morgan fingerprint density at radius 3 is 2.85 bits per heavy atom. The van der Waals surface area contributed by atoms with Crippen molar-refractivity contribution in [2.45, 2.75) is 25.2 Å². The van der Waals surface area contributed by atoms with E-state index in [1.54, 1.807) is 19.1 Å². The van der Waals surface area contributed by atoms with Crippen LogP contribution in [0.5, 0.6) is 0 Å². The maximum atomic E-state index is 12.3. The fraction of sp³-hybridized carbons (Fsp3) is 0.231. The van der Waals surface area contributed by atoms with Gasteiger partial charge in [0.1, 0.15) is 11.6 Å². The van der Waals surface area contributed by atoms with Gasteiger partial charge in [-0.25, -0.2) is 8.42 Å². The zero-order valence-corrected chi connectivity index (χ0v) is 12.0. The molecular formula is C13H14N4O2S. The molecule has 7 heteroatoms. The predicted molar refractivity (Wildman–Crippen MR) is 74.7 cm³/mol. The molecule has 1 heterocycles. The fourth-order valence-corrected chi connectivity index (χ4v) is 2.84. The van der Waals surface area contributed by atoms with E-state index in [-0.39, 0.29) is 16.3 Å². The monoisotopic (exact) mass is 290 g/mol. The summed E-state index contributed by atoms with van der Waals surface area (Å²) >= 11 is 0. The van der Waals surface area contributed by atoms with Crippen LogP contribution < -0.4 is 4.72 Å². The molecule has 0 bridgehead atoms. The van der Waals surface area contributed by atoms with Crippen molar-refractivity contribution in [3.63, 3.8) is 0 Å². The Hall–Kier alpha value is -2.33. The minimum atomic E-state index is -3.75. The number of nitrogens with one attached hydrogen (secondary N) is 2. The number of aromatic amines is 1. The molecule has 0 unspecified atom stereocenters. The van der Waals surface area contributed by atoms with Gasteiger partial charge in [0.2, 0.25) is 0 Å². The van der Waals surface area contributed by atoms with Crippen molar-refractivity contribution in [1.82, 2.24) is 10.2 Å². The smallest absolute Gasteiger partial charge is 0.263 e. The summed E-state index contributed by atoms with van der Waals surface area (Å²) in [6.07, 6.45) is 0.744. The summed E-state index contributed by atoms with van der Waals surface area (Å²) in [5, 5.41) is 15.4. The van der Waals surface area contributed by atoms with Crippen LogP contribution in [0.2, 0.25) is 0 Å². The van der Waals surface area contributed by atoms with Gasteiger partial charge in [0.05, 0.1) is 10.6 Å². The summed E-state index contributed by atoms with van der Waals surface area (Å²) in [7, 11) is -3.75. The van der Waals surface area contributed by atoms with E-state index in [0.717, 1.165) is 12.0 Å². The van der Waals surface area contributed by atoms with Crippen molar-refractivity contribution in [3.05, 3.63) is 41.1 Å². The molecule has 0 aliphatic rings. The number of H-pyrrole nitrogens is 1. The number of aryl methyl sites for hydroxylation is 2. The van der Waals surface area contributed by atoms with Gasteiger partial charge in [-0.05, 0) is 31.0 Å². The Labute approximate surface area is 117 Å². The van der Waals surface area contributed by atoms with Gasteiger partial charge in [-0.2, -0.15) is 10.4 Å². The van der Waals surface area contributed by atoms with Crippen LogP contribution in [-0.4, -0.2) is 18.6 Å². The molecule has 0 aliphatic carbocycles. The molecule has 1 aromatic carbocycles. The third-order valence-electron chi connectivity index (χ3n) is 2.91. The van der Waals surface area contributed by atoms with Crippen LogP contribution in [0.1, 0.15) is 23.7 Å². The quantitative estimate of drug-likeness (QED) is 0.899. The normalized spacial score (nSPS) is 11.1. The number of anilines is 1. The van der Waals surface area contributed by atoms with Crippen molar-refractivity contribution in [1.29, 1.82) is 5.26 Å². The second kappa shape index (κ2) is 5.35. The number of nitriles is 1. The molecule has 0 saturated heterocycles. The topological polar surface area (TPSA) is 98.6 Å². The van der Waals surface area contributed by atoms with E-state index >= 15 is 0 Å². The van der Waals surface area contributed by atoms with Crippen molar-refractivity contribution in [3.8, 4) is 6.07 Å². The van der Waals surface area contributed by atoms with Gasteiger partial charge in [0.25, 0.3) is 10.0 Å². The molecule has 0 saturated carbocycles. The third-order valence-corrected chi connectivity index (χ3v) is 4.24. The SMILES string of the molecule is CCc1cccc(S(=O)(=O)Nc2n[nH]c(C)c2C#N)c1. The highest BCUT2D eigenvalue weighted by Crippen LogP contribution is 2.20. The summed E-state index contributed by atoms with van der Waals surface area (Å²) in [6.45, 7) is 3.60. The van der Waals surface area contributed by atoms with E-state index in [9.17, 15) is 8.42 Å². The lowest BCUT2D eigenvalue weighted by molar-refractivity contribution is 0.601. The lowest BCUT2D eigenvalue weighted by Gasteiger charge is -2.07. The summed E-state index contributed by atoms with van der Waals surface area (Å²) < 4.78 is 26.9. The average Bonchev–Trinajstić information content (AvgIpc) is 2.78. The predicted octanol–water partition coefficient (Wildman–Crippen LogP) is 1.95. The zero-order chi connectivity index (χ0) is 14.8. The first-order chi connectivity index (χ1) is 9.47. The lowest BCUT2D eigenvalue weighted by atomic mass is 10.2. The first kappa shape index (κ1) is 14.1. The Balaban J connectivity index is 2.38. The lowest BCUT2D eigenvalue weighted by Crippen LogP contribution is -2.14. The largest absolute Gasteiger partial charge is 0.279 e. The molecule has 1 aromatic heterocycles. The van der Waals surface area contributed by atoms with E-state index in [1.807, 2.05) is 19.1 Å². The molecule has 0 radical (unpaired) electrons. The molecule has 0 fully saturated rings. The standard InChI is InChI=1S/C13H14N4O2S/c1-3-10-5-4-6-11(7-10)20(18,19)17-13-12(8-14)9(2)15-16-13/h4-7H,3H2,1-2H3,(H2,15,16,17). The van der Waals surface area contributed by atoms with Crippen LogP contribution in [-0.2, 0) is 16.4 Å². The Kier molecular flexibility index (Phi) is 3.77. The van der Waals surface area contributed by atoms with Crippen LogP contribution in [0.15, 0.2) is 29.2 Å². The maximum Gasteiger partial charge on any atom is 0.263 e. The molecular weight excluding hydrogens is 276 g/mol. The van der Waals surface area contributed by atoms with E-state index in [0.29, 0.717) is 5.69 Å². The molecule has 0 amide bonds. The second-order valence-corrected chi connectivity index (χ2v) is 5.97. The van der Waals surface area contributed by atoms with Crippen LogP contribution >= 0.6 is 0 Å². The average molecular weight is 290 g/mol. The molecule has 2 rings (SSSR count). The molecule has 6 nitrogen and oxygen atoms in total. The maximum absolute atomic E-state index is 12.3. The minimum absolute atomic E-state index is 0.0203. The molecule has 0 atom stereocenters. The van der Waals surface area contributed by atoms with Crippen LogP contribution in [0, 0.1) is 18.3 Å².